The van der Waals surface area contributed by atoms with Gasteiger partial charge in [-0.2, -0.15) is 0 Å². The van der Waals surface area contributed by atoms with Crippen molar-refractivity contribution in [3.05, 3.63) is 29.8 Å². The van der Waals surface area contributed by atoms with E-state index in [-0.39, 0.29) is 12.6 Å². The summed E-state index contributed by atoms with van der Waals surface area (Å²) in [6.45, 7) is 0.198. The molecule has 1 aromatic rings. The van der Waals surface area contributed by atoms with Crippen LogP contribution in [0.3, 0.4) is 0 Å². The molecule has 1 N–H and O–H groups in total. The minimum absolute atomic E-state index is 0.110. The van der Waals surface area contributed by atoms with Crippen LogP contribution in [0.15, 0.2) is 24.3 Å². The SMILES string of the molecule is CN1CN(CO)C(=O)c2ccccc21. The summed E-state index contributed by atoms with van der Waals surface area (Å²) in [5.41, 5.74) is 1.57. The molecule has 1 aromatic carbocycles. The average Bonchev–Trinajstić information content (AvgIpc) is 2.23. The van der Waals surface area contributed by atoms with Gasteiger partial charge in [-0.05, 0) is 12.1 Å². The Hall–Kier alpha value is -1.55. The number of carbonyl (C=O) groups excluding carboxylic acids is 1. The van der Waals surface area contributed by atoms with Crippen molar-refractivity contribution in [1.29, 1.82) is 0 Å². The number of aliphatic hydroxyl groups is 1. The first kappa shape index (κ1) is 9.02. The van der Waals surface area contributed by atoms with Crippen LogP contribution >= 0.6 is 0 Å². The number of hydrogen-bond acceptors (Lipinski definition) is 3. The standard InChI is InChI=1S/C10H12N2O2/c1-11-6-12(7-13)10(14)8-4-2-3-5-9(8)11/h2-5,13H,6-7H2,1H3. The lowest BCUT2D eigenvalue weighted by molar-refractivity contribution is 0.0541. The second kappa shape index (κ2) is 3.31. The van der Waals surface area contributed by atoms with Crippen molar-refractivity contribution < 1.29 is 9.90 Å². The lowest BCUT2D eigenvalue weighted by Crippen LogP contribution is -2.45. The van der Waals surface area contributed by atoms with Crippen molar-refractivity contribution in [2.45, 2.75) is 0 Å². The van der Waals surface area contributed by atoms with E-state index in [0.29, 0.717) is 12.2 Å². The van der Waals surface area contributed by atoms with Crippen molar-refractivity contribution in [2.75, 3.05) is 25.3 Å². The number of carbonyl (C=O) groups is 1. The van der Waals surface area contributed by atoms with E-state index in [1.807, 2.05) is 30.1 Å². The molecule has 0 saturated carbocycles. The molecular weight excluding hydrogens is 180 g/mol. The molecular formula is C10H12N2O2. The van der Waals surface area contributed by atoms with Crippen LogP contribution < -0.4 is 4.90 Å². The van der Waals surface area contributed by atoms with Crippen LogP contribution in [0.1, 0.15) is 10.4 Å². The van der Waals surface area contributed by atoms with Gasteiger partial charge >= 0.3 is 0 Å². The molecule has 0 fully saturated rings. The highest BCUT2D eigenvalue weighted by Crippen LogP contribution is 2.24. The van der Waals surface area contributed by atoms with Crippen molar-refractivity contribution in [1.82, 2.24) is 4.90 Å². The summed E-state index contributed by atoms with van der Waals surface area (Å²) in [5, 5.41) is 8.98. The predicted molar refractivity (Wildman–Crippen MR) is 53.0 cm³/mol. The van der Waals surface area contributed by atoms with Gasteiger partial charge in [0.05, 0.1) is 17.9 Å². The fourth-order valence-electron chi connectivity index (χ4n) is 1.66. The molecule has 14 heavy (non-hydrogen) atoms. The Morgan fingerprint density at radius 1 is 1.43 bits per heavy atom. The zero-order chi connectivity index (χ0) is 10.1. The maximum absolute atomic E-state index is 11.7. The molecule has 1 aliphatic rings. The van der Waals surface area contributed by atoms with E-state index in [4.69, 9.17) is 5.11 Å². The van der Waals surface area contributed by atoms with E-state index in [1.54, 1.807) is 6.07 Å². The van der Waals surface area contributed by atoms with Gasteiger partial charge in [0, 0.05) is 7.05 Å². The minimum Gasteiger partial charge on any atom is -0.376 e. The van der Waals surface area contributed by atoms with Crippen LogP contribution in [0.5, 0.6) is 0 Å². The van der Waals surface area contributed by atoms with Gasteiger partial charge in [0.1, 0.15) is 6.73 Å². The third-order valence-electron chi connectivity index (χ3n) is 2.39. The van der Waals surface area contributed by atoms with Crippen molar-refractivity contribution in [3.8, 4) is 0 Å². The molecule has 1 amide bonds. The molecule has 0 aliphatic carbocycles. The molecule has 0 spiro atoms. The zero-order valence-corrected chi connectivity index (χ0v) is 7.97. The van der Waals surface area contributed by atoms with Crippen LogP contribution in [0.4, 0.5) is 5.69 Å². The predicted octanol–water partition coefficient (Wildman–Crippen LogP) is 0.486. The second-order valence-electron chi connectivity index (χ2n) is 3.34. The number of para-hydroxylation sites is 1. The molecule has 0 radical (unpaired) electrons. The molecule has 0 aromatic heterocycles. The molecule has 1 heterocycles. The van der Waals surface area contributed by atoms with Crippen molar-refractivity contribution in [3.63, 3.8) is 0 Å². The summed E-state index contributed by atoms with van der Waals surface area (Å²) in [7, 11) is 1.90. The first-order valence-corrected chi connectivity index (χ1v) is 4.44. The lowest BCUT2D eigenvalue weighted by atomic mass is 10.1. The van der Waals surface area contributed by atoms with Crippen LogP contribution in [0.25, 0.3) is 0 Å². The summed E-state index contributed by atoms with van der Waals surface area (Å²) in [4.78, 5) is 15.1. The van der Waals surface area contributed by atoms with Gasteiger partial charge < -0.3 is 10.0 Å². The maximum Gasteiger partial charge on any atom is 0.259 e. The Morgan fingerprint density at radius 3 is 2.86 bits per heavy atom. The number of benzene rings is 1. The highest BCUT2D eigenvalue weighted by atomic mass is 16.3. The van der Waals surface area contributed by atoms with Gasteiger partial charge in [0.15, 0.2) is 0 Å². The Bertz CT molecular complexity index is 365. The molecule has 0 unspecified atom stereocenters. The summed E-state index contributed by atoms with van der Waals surface area (Å²) >= 11 is 0. The third-order valence-corrected chi connectivity index (χ3v) is 2.39. The molecule has 4 heteroatoms. The first-order chi connectivity index (χ1) is 6.74. The summed E-state index contributed by atoms with van der Waals surface area (Å²) < 4.78 is 0. The van der Waals surface area contributed by atoms with E-state index in [0.717, 1.165) is 5.69 Å². The summed E-state index contributed by atoms with van der Waals surface area (Å²) in [6.07, 6.45) is 0. The smallest absolute Gasteiger partial charge is 0.259 e. The number of anilines is 1. The van der Waals surface area contributed by atoms with E-state index in [1.165, 1.54) is 4.90 Å². The summed E-state index contributed by atoms with van der Waals surface area (Å²) in [6, 6.07) is 7.40. The zero-order valence-electron chi connectivity index (χ0n) is 7.97. The quantitative estimate of drug-likeness (QED) is 0.704. The molecule has 0 bridgehead atoms. The highest BCUT2D eigenvalue weighted by molar-refractivity contribution is 6.01. The van der Waals surface area contributed by atoms with Gasteiger partial charge in [-0.25, -0.2) is 0 Å². The topological polar surface area (TPSA) is 43.8 Å². The number of amides is 1. The van der Waals surface area contributed by atoms with Crippen molar-refractivity contribution in [2.24, 2.45) is 0 Å². The van der Waals surface area contributed by atoms with Crippen LogP contribution in [-0.2, 0) is 0 Å². The van der Waals surface area contributed by atoms with Crippen LogP contribution in [0, 0.1) is 0 Å². The van der Waals surface area contributed by atoms with Gasteiger partial charge in [-0.3, -0.25) is 9.69 Å². The molecule has 74 valence electrons. The number of hydrogen-bond donors (Lipinski definition) is 1. The van der Waals surface area contributed by atoms with E-state index >= 15 is 0 Å². The van der Waals surface area contributed by atoms with Gasteiger partial charge in [0.25, 0.3) is 5.91 Å². The minimum atomic E-state index is -0.239. The number of nitrogens with zero attached hydrogens (tertiary/aromatic N) is 2. The molecule has 0 saturated heterocycles. The fraction of sp³-hybridized carbons (Fsp3) is 0.300. The highest BCUT2D eigenvalue weighted by Gasteiger charge is 2.25. The molecule has 2 rings (SSSR count). The molecule has 4 nitrogen and oxygen atoms in total. The monoisotopic (exact) mass is 192 g/mol. The van der Waals surface area contributed by atoms with Gasteiger partial charge in [0.2, 0.25) is 0 Å². The Labute approximate surface area is 82.4 Å². The Kier molecular flexibility index (Phi) is 2.13. The van der Waals surface area contributed by atoms with Gasteiger partial charge in [-0.15, -0.1) is 0 Å². The normalized spacial score (nSPS) is 15.7. The fourth-order valence-corrected chi connectivity index (χ4v) is 1.66. The van der Waals surface area contributed by atoms with E-state index in [9.17, 15) is 4.79 Å². The molecule has 0 atom stereocenters. The third kappa shape index (κ3) is 1.24. The Morgan fingerprint density at radius 2 is 2.14 bits per heavy atom. The van der Waals surface area contributed by atoms with Gasteiger partial charge in [-0.1, -0.05) is 12.1 Å². The Balaban J connectivity index is 2.46. The summed E-state index contributed by atoms with van der Waals surface area (Å²) in [5.74, 6) is -0.110. The number of fused-ring (bicyclic) bond motifs is 1. The van der Waals surface area contributed by atoms with Crippen LogP contribution in [0.2, 0.25) is 0 Å². The maximum atomic E-state index is 11.7. The largest absolute Gasteiger partial charge is 0.376 e. The second-order valence-corrected chi connectivity index (χ2v) is 3.34. The van der Waals surface area contributed by atoms with Crippen molar-refractivity contribution >= 4 is 11.6 Å². The number of aliphatic hydroxyl groups excluding tert-OH is 1. The van der Waals surface area contributed by atoms with Crippen LogP contribution in [-0.4, -0.2) is 36.4 Å². The average molecular weight is 192 g/mol. The molecule has 1 aliphatic heterocycles. The lowest BCUT2D eigenvalue weighted by Gasteiger charge is -2.34. The van der Waals surface area contributed by atoms with E-state index in [2.05, 4.69) is 0 Å². The number of rotatable bonds is 1. The van der Waals surface area contributed by atoms with E-state index < -0.39 is 0 Å². The first-order valence-electron chi connectivity index (χ1n) is 4.44.